The molecule has 0 amide bonds. The van der Waals surface area contributed by atoms with E-state index in [2.05, 4.69) is 19.7 Å². The minimum Gasteiger partial charge on any atom is -0.396 e. The van der Waals surface area contributed by atoms with Crippen molar-refractivity contribution in [2.24, 2.45) is 0 Å². The Morgan fingerprint density at radius 1 is 1.33 bits per heavy atom. The maximum Gasteiger partial charge on any atom is 0.137 e. The summed E-state index contributed by atoms with van der Waals surface area (Å²) in [5.74, 6) is 1.71. The summed E-state index contributed by atoms with van der Waals surface area (Å²) in [6.07, 6.45) is 7.80. The number of aromatic nitrogens is 3. The Morgan fingerprint density at radius 2 is 2.22 bits per heavy atom. The van der Waals surface area contributed by atoms with E-state index in [9.17, 15) is 0 Å². The fourth-order valence-corrected chi connectivity index (χ4v) is 2.94. The van der Waals surface area contributed by atoms with Crippen LogP contribution in [0.5, 0.6) is 0 Å². The molecule has 1 aliphatic carbocycles. The van der Waals surface area contributed by atoms with Crippen LogP contribution in [0.1, 0.15) is 49.9 Å². The average Bonchev–Trinajstić information content (AvgIpc) is 3.14. The lowest BCUT2D eigenvalue weighted by Crippen LogP contribution is -2.36. The second-order valence-corrected chi connectivity index (χ2v) is 5.54. The first-order chi connectivity index (χ1) is 8.88. The number of aliphatic hydroxyl groups is 1. The second kappa shape index (κ2) is 5.36. The molecule has 0 radical (unpaired) electrons. The van der Waals surface area contributed by atoms with Crippen molar-refractivity contribution in [2.75, 3.05) is 26.2 Å². The molecule has 5 heteroatoms. The van der Waals surface area contributed by atoms with Crippen molar-refractivity contribution in [1.82, 2.24) is 19.7 Å². The highest BCUT2D eigenvalue weighted by molar-refractivity contribution is 5.03. The molecule has 1 aromatic heterocycles. The summed E-state index contributed by atoms with van der Waals surface area (Å²) in [7, 11) is 0. The first-order valence-corrected chi connectivity index (χ1v) is 7.11. The molecule has 1 N–H and O–H groups in total. The van der Waals surface area contributed by atoms with Crippen molar-refractivity contribution >= 4 is 0 Å². The number of rotatable bonds is 5. The van der Waals surface area contributed by atoms with Gasteiger partial charge in [0.05, 0.1) is 0 Å². The summed E-state index contributed by atoms with van der Waals surface area (Å²) >= 11 is 0. The zero-order chi connectivity index (χ0) is 12.4. The molecule has 1 atom stereocenters. The van der Waals surface area contributed by atoms with E-state index in [0.29, 0.717) is 18.6 Å². The quantitative estimate of drug-likeness (QED) is 0.852. The molecule has 0 bridgehead atoms. The van der Waals surface area contributed by atoms with Crippen molar-refractivity contribution in [3.05, 3.63) is 12.2 Å². The Hall–Kier alpha value is -0.940. The molecule has 2 fully saturated rings. The van der Waals surface area contributed by atoms with E-state index in [1.165, 1.54) is 31.5 Å². The van der Waals surface area contributed by atoms with Crippen LogP contribution in [0, 0.1) is 0 Å². The summed E-state index contributed by atoms with van der Waals surface area (Å²) in [6.45, 7) is 3.53. The molecule has 2 aliphatic rings. The minimum absolute atomic E-state index is 0.291. The molecule has 0 spiro atoms. The van der Waals surface area contributed by atoms with Crippen LogP contribution in [0.3, 0.4) is 0 Å². The maximum absolute atomic E-state index is 8.92. The molecule has 3 rings (SSSR count). The molecule has 1 aromatic rings. The third-order valence-corrected chi connectivity index (χ3v) is 4.04. The van der Waals surface area contributed by atoms with Gasteiger partial charge in [-0.1, -0.05) is 0 Å². The Bertz CT molecular complexity index is 388. The van der Waals surface area contributed by atoms with Gasteiger partial charge in [0.2, 0.25) is 0 Å². The van der Waals surface area contributed by atoms with E-state index in [1.807, 2.05) is 6.33 Å². The third kappa shape index (κ3) is 2.57. The monoisotopic (exact) mass is 250 g/mol. The third-order valence-electron chi connectivity index (χ3n) is 4.04. The summed E-state index contributed by atoms with van der Waals surface area (Å²) in [5.41, 5.74) is 0. The highest BCUT2D eigenvalue weighted by Crippen LogP contribution is 2.37. The molecule has 2 heterocycles. The van der Waals surface area contributed by atoms with Gasteiger partial charge in [0.15, 0.2) is 0 Å². The average molecular weight is 250 g/mol. The summed E-state index contributed by atoms with van der Waals surface area (Å²) in [6, 6.07) is 0.669. The second-order valence-electron chi connectivity index (χ2n) is 5.54. The lowest BCUT2D eigenvalue weighted by Gasteiger charge is -2.32. The van der Waals surface area contributed by atoms with Gasteiger partial charge in [-0.05, 0) is 38.6 Å². The number of likely N-dealkylation sites (tertiary alicyclic amines) is 1. The summed E-state index contributed by atoms with van der Waals surface area (Å²) in [5, 5.41) is 17.4. The number of aliphatic hydroxyl groups excluding tert-OH is 1. The Labute approximate surface area is 108 Å². The van der Waals surface area contributed by atoms with Crippen LogP contribution in [-0.4, -0.2) is 51.0 Å². The molecule has 18 heavy (non-hydrogen) atoms. The van der Waals surface area contributed by atoms with Gasteiger partial charge in [0.1, 0.15) is 12.2 Å². The molecule has 100 valence electrons. The smallest absolute Gasteiger partial charge is 0.137 e. The molecule has 1 saturated carbocycles. The van der Waals surface area contributed by atoms with E-state index >= 15 is 0 Å². The largest absolute Gasteiger partial charge is 0.396 e. The highest BCUT2D eigenvalue weighted by atomic mass is 16.3. The van der Waals surface area contributed by atoms with Gasteiger partial charge in [-0.25, -0.2) is 0 Å². The van der Waals surface area contributed by atoms with Gasteiger partial charge < -0.3 is 14.6 Å². The zero-order valence-corrected chi connectivity index (χ0v) is 10.8. The lowest BCUT2D eigenvalue weighted by atomic mass is 9.97. The molecule has 1 saturated heterocycles. The van der Waals surface area contributed by atoms with Crippen LogP contribution < -0.4 is 0 Å². The summed E-state index contributed by atoms with van der Waals surface area (Å²) in [4.78, 5) is 2.45. The number of piperidine rings is 1. The summed E-state index contributed by atoms with van der Waals surface area (Å²) < 4.78 is 2.29. The van der Waals surface area contributed by atoms with Crippen molar-refractivity contribution in [3.8, 4) is 0 Å². The van der Waals surface area contributed by atoms with Crippen molar-refractivity contribution < 1.29 is 5.11 Å². The van der Waals surface area contributed by atoms with Crippen LogP contribution in [0.4, 0.5) is 0 Å². The van der Waals surface area contributed by atoms with E-state index < -0.39 is 0 Å². The standard InChI is InChI=1S/C13H22N4O/c18-8-2-7-16-6-1-3-11(9-16)13-15-14-10-17(13)12-4-5-12/h10-12,18H,1-9H2. The van der Waals surface area contributed by atoms with E-state index in [1.54, 1.807) is 0 Å². The number of nitrogens with zero attached hydrogens (tertiary/aromatic N) is 4. The fourth-order valence-electron chi connectivity index (χ4n) is 2.94. The molecule has 1 aliphatic heterocycles. The predicted octanol–water partition coefficient (Wildman–Crippen LogP) is 1.17. The molecule has 1 unspecified atom stereocenters. The first kappa shape index (κ1) is 12.1. The Balaban J connectivity index is 1.65. The number of hydrogen-bond donors (Lipinski definition) is 1. The Morgan fingerprint density at radius 3 is 3.00 bits per heavy atom. The molecular weight excluding hydrogens is 228 g/mol. The zero-order valence-electron chi connectivity index (χ0n) is 10.8. The normalized spacial score (nSPS) is 25.5. The first-order valence-electron chi connectivity index (χ1n) is 7.11. The van der Waals surface area contributed by atoms with E-state index in [4.69, 9.17) is 5.11 Å². The van der Waals surface area contributed by atoms with Crippen LogP contribution in [-0.2, 0) is 0 Å². The van der Waals surface area contributed by atoms with Gasteiger partial charge in [-0.3, -0.25) is 0 Å². The van der Waals surface area contributed by atoms with Gasteiger partial charge in [0.25, 0.3) is 0 Å². The van der Waals surface area contributed by atoms with Crippen molar-refractivity contribution in [1.29, 1.82) is 0 Å². The SMILES string of the molecule is OCCCN1CCCC(c2nncn2C2CC2)C1. The number of hydrogen-bond acceptors (Lipinski definition) is 4. The van der Waals surface area contributed by atoms with Crippen LogP contribution in [0.2, 0.25) is 0 Å². The van der Waals surface area contributed by atoms with E-state index in [-0.39, 0.29) is 0 Å². The molecule has 0 aromatic carbocycles. The lowest BCUT2D eigenvalue weighted by molar-refractivity contribution is 0.180. The van der Waals surface area contributed by atoms with Gasteiger partial charge in [-0.2, -0.15) is 0 Å². The maximum atomic E-state index is 8.92. The predicted molar refractivity (Wildman–Crippen MR) is 68.4 cm³/mol. The minimum atomic E-state index is 0.291. The van der Waals surface area contributed by atoms with E-state index in [0.717, 1.165) is 26.1 Å². The van der Waals surface area contributed by atoms with Crippen LogP contribution >= 0.6 is 0 Å². The molecule has 5 nitrogen and oxygen atoms in total. The van der Waals surface area contributed by atoms with Crippen LogP contribution in [0.25, 0.3) is 0 Å². The van der Waals surface area contributed by atoms with Gasteiger partial charge >= 0.3 is 0 Å². The van der Waals surface area contributed by atoms with Gasteiger partial charge in [-0.15, -0.1) is 10.2 Å². The van der Waals surface area contributed by atoms with Gasteiger partial charge in [0, 0.05) is 31.7 Å². The highest BCUT2D eigenvalue weighted by Gasteiger charge is 2.31. The van der Waals surface area contributed by atoms with Crippen molar-refractivity contribution in [3.63, 3.8) is 0 Å². The molecular formula is C13H22N4O. The fraction of sp³-hybridized carbons (Fsp3) is 0.846. The Kier molecular flexibility index (Phi) is 3.61. The topological polar surface area (TPSA) is 54.2 Å². The van der Waals surface area contributed by atoms with Crippen LogP contribution in [0.15, 0.2) is 6.33 Å². The van der Waals surface area contributed by atoms with Crippen molar-refractivity contribution in [2.45, 2.75) is 44.1 Å².